The molecular formula is C16H18ClNO2S. The van der Waals surface area contributed by atoms with E-state index in [1.165, 1.54) is 11.3 Å². The topological polar surface area (TPSA) is 39.2 Å². The van der Waals surface area contributed by atoms with Crippen LogP contribution in [0.25, 0.3) is 10.6 Å². The predicted octanol–water partition coefficient (Wildman–Crippen LogP) is 4.60. The minimum absolute atomic E-state index is 0.0273. The molecule has 5 heteroatoms. The summed E-state index contributed by atoms with van der Waals surface area (Å²) in [6.45, 7) is 6.49. The van der Waals surface area contributed by atoms with Crippen LogP contribution in [-0.2, 0) is 16.0 Å². The van der Waals surface area contributed by atoms with Crippen LogP contribution < -0.4 is 0 Å². The molecule has 2 rings (SSSR count). The van der Waals surface area contributed by atoms with Gasteiger partial charge >= 0.3 is 5.97 Å². The monoisotopic (exact) mass is 323 g/mol. The highest BCUT2D eigenvalue weighted by atomic mass is 35.5. The lowest BCUT2D eigenvalue weighted by Gasteiger charge is -2.17. The second-order valence-corrected chi connectivity index (χ2v) is 7.29. The highest BCUT2D eigenvalue weighted by Gasteiger charge is 2.15. The van der Waals surface area contributed by atoms with Gasteiger partial charge in [-0.3, -0.25) is 4.79 Å². The summed E-state index contributed by atoms with van der Waals surface area (Å²) in [6, 6.07) is 7.54. The quantitative estimate of drug-likeness (QED) is 0.772. The highest BCUT2D eigenvalue weighted by Crippen LogP contribution is 2.30. The van der Waals surface area contributed by atoms with E-state index in [4.69, 9.17) is 16.3 Å². The van der Waals surface area contributed by atoms with Crippen molar-refractivity contribution in [3.63, 3.8) is 0 Å². The molecule has 0 radical (unpaired) electrons. The molecule has 0 fully saturated rings. The third-order valence-corrected chi connectivity index (χ3v) is 3.90. The summed E-state index contributed by atoms with van der Waals surface area (Å²) in [4.78, 5) is 16.2. The molecule has 2 aromatic rings. The second kappa shape index (κ2) is 6.58. The molecule has 0 aliphatic heterocycles. The number of carbonyl (C=O) groups is 1. The van der Waals surface area contributed by atoms with E-state index >= 15 is 0 Å². The first-order valence-corrected chi connectivity index (χ1v) is 7.96. The van der Waals surface area contributed by atoms with E-state index in [1.807, 2.05) is 50.4 Å². The number of nitrogens with zero attached hydrogens (tertiary/aromatic N) is 1. The fourth-order valence-corrected chi connectivity index (χ4v) is 2.78. The molecule has 0 saturated carbocycles. The molecular weight excluding hydrogens is 306 g/mol. The minimum atomic E-state index is -0.249. The largest absolute Gasteiger partial charge is 0.465 e. The van der Waals surface area contributed by atoms with Crippen molar-refractivity contribution in [2.75, 3.05) is 6.61 Å². The van der Waals surface area contributed by atoms with E-state index in [0.29, 0.717) is 17.3 Å². The van der Waals surface area contributed by atoms with Crippen LogP contribution in [0.3, 0.4) is 0 Å². The molecule has 0 aliphatic rings. The lowest BCUT2D eigenvalue weighted by Crippen LogP contribution is -2.19. The van der Waals surface area contributed by atoms with E-state index < -0.39 is 0 Å². The summed E-state index contributed by atoms with van der Waals surface area (Å²) in [5, 5.41) is 3.35. The van der Waals surface area contributed by atoms with E-state index in [-0.39, 0.29) is 17.8 Å². The Kier molecular flexibility index (Phi) is 5.01. The average Bonchev–Trinajstić information content (AvgIpc) is 2.84. The zero-order valence-electron chi connectivity index (χ0n) is 12.4. The van der Waals surface area contributed by atoms with Crippen molar-refractivity contribution in [1.29, 1.82) is 0 Å². The van der Waals surface area contributed by atoms with Crippen LogP contribution in [0.2, 0.25) is 5.02 Å². The number of thiazole rings is 1. The van der Waals surface area contributed by atoms with Gasteiger partial charge in [-0.2, -0.15) is 0 Å². The SMILES string of the molecule is CC(C)(C)COC(=O)Cc1csc(-c2ccccc2Cl)n1. The van der Waals surface area contributed by atoms with E-state index in [2.05, 4.69) is 4.98 Å². The van der Waals surface area contributed by atoms with Gasteiger partial charge < -0.3 is 4.74 Å². The average molecular weight is 324 g/mol. The third-order valence-electron chi connectivity index (χ3n) is 2.65. The molecule has 21 heavy (non-hydrogen) atoms. The molecule has 0 unspecified atom stereocenters. The molecule has 1 aromatic carbocycles. The molecule has 0 atom stereocenters. The molecule has 1 aromatic heterocycles. The van der Waals surface area contributed by atoms with E-state index in [1.54, 1.807) is 0 Å². The highest BCUT2D eigenvalue weighted by molar-refractivity contribution is 7.13. The van der Waals surface area contributed by atoms with Gasteiger partial charge in [-0.05, 0) is 11.5 Å². The minimum Gasteiger partial charge on any atom is -0.465 e. The third kappa shape index (κ3) is 4.83. The van der Waals surface area contributed by atoms with Crippen molar-refractivity contribution in [3.05, 3.63) is 40.4 Å². The number of esters is 1. The number of hydrogen-bond acceptors (Lipinski definition) is 4. The van der Waals surface area contributed by atoms with Crippen LogP contribution in [0.5, 0.6) is 0 Å². The Morgan fingerprint density at radius 1 is 1.33 bits per heavy atom. The number of aromatic nitrogens is 1. The Hall–Kier alpha value is -1.39. The van der Waals surface area contributed by atoms with Gasteiger partial charge in [-0.1, -0.05) is 50.6 Å². The van der Waals surface area contributed by atoms with Crippen molar-refractivity contribution in [2.45, 2.75) is 27.2 Å². The van der Waals surface area contributed by atoms with Crippen molar-refractivity contribution >= 4 is 28.9 Å². The van der Waals surface area contributed by atoms with Gasteiger partial charge in [0.25, 0.3) is 0 Å². The first-order valence-electron chi connectivity index (χ1n) is 6.70. The van der Waals surface area contributed by atoms with Gasteiger partial charge in [-0.15, -0.1) is 11.3 Å². The van der Waals surface area contributed by atoms with Crippen LogP contribution >= 0.6 is 22.9 Å². The van der Waals surface area contributed by atoms with Crippen LogP contribution in [0, 0.1) is 5.41 Å². The zero-order valence-corrected chi connectivity index (χ0v) is 13.9. The first-order chi connectivity index (χ1) is 9.85. The first kappa shape index (κ1) is 16.0. The smallest absolute Gasteiger partial charge is 0.311 e. The maximum atomic E-state index is 11.8. The Bertz CT molecular complexity index is 631. The molecule has 0 aliphatic carbocycles. The van der Waals surface area contributed by atoms with E-state index in [9.17, 15) is 4.79 Å². The van der Waals surface area contributed by atoms with Crippen molar-refractivity contribution in [1.82, 2.24) is 4.98 Å². The van der Waals surface area contributed by atoms with Gasteiger partial charge in [0.2, 0.25) is 0 Å². The van der Waals surface area contributed by atoms with Gasteiger partial charge in [0, 0.05) is 10.9 Å². The summed E-state index contributed by atoms with van der Waals surface area (Å²) < 4.78 is 5.25. The molecule has 0 saturated heterocycles. The van der Waals surface area contributed by atoms with Crippen LogP contribution in [0.1, 0.15) is 26.5 Å². The van der Waals surface area contributed by atoms with Gasteiger partial charge in [0.15, 0.2) is 0 Å². The molecule has 3 nitrogen and oxygen atoms in total. The summed E-state index contributed by atoms with van der Waals surface area (Å²) in [6.07, 6.45) is 0.192. The standard InChI is InChI=1S/C16H18ClNO2S/c1-16(2,3)10-20-14(19)8-11-9-21-15(18-11)12-6-4-5-7-13(12)17/h4-7,9H,8,10H2,1-3H3. The molecule has 0 N–H and O–H groups in total. The van der Waals surface area contributed by atoms with Gasteiger partial charge in [0.1, 0.15) is 5.01 Å². The van der Waals surface area contributed by atoms with Crippen LogP contribution in [0.4, 0.5) is 0 Å². The number of ether oxygens (including phenoxy) is 1. The second-order valence-electron chi connectivity index (χ2n) is 6.02. The number of halogens is 1. The normalized spacial score (nSPS) is 11.4. The number of benzene rings is 1. The van der Waals surface area contributed by atoms with Crippen LogP contribution in [0.15, 0.2) is 29.6 Å². The number of rotatable bonds is 4. The van der Waals surface area contributed by atoms with Gasteiger partial charge in [-0.25, -0.2) is 4.98 Å². The lowest BCUT2D eigenvalue weighted by molar-refractivity contribution is -0.145. The summed E-state index contributed by atoms with van der Waals surface area (Å²) in [7, 11) is 0. The molecule has 0 amide bonds. The molecule has 0 bridgehead atoms. The molecule has 112 valence electrons. The van der Waals surface area contributed by atoms with E-state index in [0.717, 1.165) is 10.6 Å². The summed E-state index contributed by atoms with van der Waals surface area (Å²) in [5.74, 6) is -0.249. The Labute approximate surface area is 133 Å². The number of carbonyl (C=O) groups excluding carboxylic acids is 1. The lowest BCUT2D eigenvalue weighted by atomic mass is 9.99. The number of hydrogen-bond donors (Lipinski definition) is 0. The maximum absolute atomic E-state index is 11.8. The van der Waals surface area contributed by atoms with Crippen LogP contribution in [-0.4, -0.2) is 17.6 Å². The Balaban J connectivity index is 2.01. The molecule has 1 heterocycles. The maximum Gasteiger partial charge on any atom is 0.311 e. The fraction of sp³-hybridized carbons (Fsp3) is 0.375. The predicted molar refractivity (Wildman–Crippen MR) is 86.7 cm³/mol. The van der Waals surface area contributed by atoms with Gasteiger partial charge in [0.05, 0.1) is 23.7 Å². The van der Waals surface area contributed by atoms with Crippen molar-refractivity contribution < 1.29 is 9.53 Å². The summed E-state index contributed by atoms with van der Waals surface area (Å²) >= 11 is 7.63. The van der Waals surface area contributed by atoms with Crippen molar-refractivity contribution in [3.8, 4) is 10.6 Å². The fourth-order valence-electron chi connectivity index (χ4n) is 1.64. The Morgan fingerprint density at radius 2 is 2.05 bits per heavy atom. The molecule has 0 spiro atoms. The zero-order chi connectivity index (χ0) is 15.5. The Morgan fingerprint density at radius 3 is 2.71 bits per heavy atom. The summed E-state index contributed by atoms with van der Waals surface area (Å²) in [5.41, 5.74) is 1.58. The van der Waals surface area contributed by atoms with Crippen molar-refractivity contribution in [2.24, 2.45) is 5.41 Å².